The molecule has 1 N–H and O–H groups in total. The van der Waals surface area contributed by atoms with Gasteiger partial charge in [0, 0.05) is 18.5 Å². The third-order valence-electron chi connectivity index (χ3n) is 4.57. The van der Waals surface area contributed by atoms with Crippen molar-refractivity contribution in [2.75, 3.05) is 21.9 Å². The van der Waals surface area contributed by atoms with Crippen LogP contribution in [0.3, 0.4) is 0 Å². The van der Waals surface area contributed by atoms with E-state index in [1.807, 2.05) is 6.07 Å². The molecule has 0 atom stereocenters. The van der Waals surface area contributed by atoms with E-state index < -0.39 is 22.3 Å². The zero-order valence-electron chi connectivity index (χ0n) is 14.8. The minimum atomic E-state index is -3.26. The molecule has 0 saturated carbocycles. The number of hydrogen-bond donors (Lipinski definition) is 1. The van der Waals surface area contributed by atoms with E-state index in [9.17, 15) is 17.2 Å². The number of hydrogen-bond acceptors (Lipinski definition) is 5. The fraction of sp³-hybridized carbons (Fsp3) is 0.263. The van der Waals surface area contributed by atoms with Crippen LogP contribution in [-0.4, -0.2) is 30.7 Å². The molecule has 9 heteroatoms. The van der Waals surface area contributed by atoms with Crippen molar-refractivity contribution >= 4 is 32.4 Å². The Labute approximate surface area is 161 Å². The van der Waals surface area contributed by atoms with Crippen molar-refractivity contribution in [2.45, 2.75) is 19.4 Å². The Hall–Kier alpha value is -2.81. The second-order valence-electron chi connectivity index (χ2n) is 6.51. The van der Waals surface area contributed by atoms with Crippen LogP contribution in [0.1, 0.15) is 24.2 Å². The first-order valence-electron chi connectivity index (χ1n) is 8.82. The maximum Gasteiger partial charge on any atom is 0.297 e. The number of halogens is 2. The first-order chi connectivity index (χ1) is 13.4. The van der Waals surface area contributed by atoms with Crippen molar-refractivity contribution in [2.24, 2.45) is 0 Å². The van der Waals surface area contributed by atoms with Gasteiger partial charge in [0.05, 0.1) is 17.0 Å². The third-order valence-corrected chi connectivity index (χ3v) is 6.44. The molecular weight excluding hydrogens is 386 g/mol. The molecule has 0 bridgehead atoms. The summed E-state index contributed by atoms with van der Waals surface area (Å²) in [4.78, 5) is 7.86. The number of sulfonamides is 1. The van der Waals surface area contributed by atoms with Crippen LogP contribution in [0.15, 0.2) is 48.5 Å². The quantitative estimate of drug-likeness (QED) is 0.702. The molecule has 0 spiro atoms. The Morgan fingerprint density at radius 3 is 2.68 bits per heavy atom. The van der Waals surface area contributed by atoms with E-state index in [-0.39, 0.29) is 5.75 Å². The fourth-order valence-electron chi connectivity index (χ4n) is 3.26. The van der Waals surface area contributed by atoms with Gasteiger partial charge in [0.2, 0.25) is 10.0 Å². The Morgan fingerprint density at radius 1 is 1.11 bits per heavy atom. The summed E-state index contributed by atoms with van der Waals surface area (Å²) in [7, 11) is -3.26. The number of anilines is 2. The number of alkyl halides is 2. The summed E-state index contributed by atoms with van der Waals surface area (Å²) in [6.45, 7) is 0.777. The summed E-state index contributed by atoms with van der Waals surface area (Å²) >= 11 is 0. The molecule has 1 aliphatic heterocycles. The Morgan fingerprint density at radius 2 is 1.93 bits per heavy atom. The van der Waals surface area contributed by atoms with Gasteiger partial charge in [0.1, 0.15) is 5.82 Å². The van der Waals surface area contributed by atoms with Gasteiger partial charge in [0.25, 0.3) is 6.43 Å². The van der Waals surface area contributed by atoms with Gasteiger partial charge in [-0.15, -0.1) is 0 Å². The monoisotopic (exact) mass is 404 g/mol. The van der Waals surface area contributed by atoms with E-state index in [0.717, 1.165) is 5.56 Å². The number of rotatable bonds is 5. The van der Waals surface area contributed by atoms with E-state index >= 15 is 0 Å². The standard InChI is InChI=1S/C19H18F2N4O2S/c20-17(21)19-23-16-8-2-1-7-15(16)18(24-19)22-12-13-5-3-6-14(11-13)25-9-4-10-28(25,26)27/h1-3,5-8,11,17H,4,9-10,12H2,(H,22,23,24). The van der Waals surface area contributed by atoms with Crippen LogP contribution in [0.4, 0.5) is 20.3 Å². The van der Waals surface area contributed by atoms with Crippen LogP contribution >= 0.6 is 0 Å². The summed E-state index contributed by atoms with van der Waals surface area (Å²) in [5, 5.41) is 3.73. The van der Waals surface area contributed by atoms with Crippen molar-refractivity contribution in [3.05, 3.63) is 59.9 Å². The molecule has 3 aromatic rings. The summed E-state index contributed by atoms with van der Waals surface area (Å²) in [5.74, 6) is -0.0584. The van der Waals surface area contributed by atoms with Crippen LogP contribution in [0.2, 0.25) is 0 Å². The minimum absolute atomic E-state index is 0.152. The molecule has 0 radical (unpaired) electrons. The lowest BCUT2D eigenvalue weighted by molar-refractivity contribution is 0.141. The van der Waals surface area contributed by atoms with E-state index in [1.54, 1.807) is 42.5 Å². The number of nitrogens with one attached hydrogen (secondary N) is 1. The van der Waals surface area contributed by atoms with Gasteiger partial charge in [-0.3, -0.25) is 4.31 Å². The van der Waals surface area contributed by atoms with Gasteiger partial charge in [0.15, 0.2) is 5.82 Å². The van der Waals surface area contributed by atoms with Gasteiger partial charge in [-0.2, -0.15) is 0 Å². The predicted octanol–water partition coefficient (Wildman–Crippen LogP) is 3.72. The van der Waals surface area contributed by atoms with Crippen LogP contribution in [0, 0.1) is 0 Å². The largest absolute Gasteiger partial charge is 0.365 e. The normalized spacial score (nSPS) is 16.0. The number of nitrogens with zero attached hydrogens (tertiary/aromatic N) is 3. The topological polar surface area (TPSA) is 75.2 Å². The van der Waals surface area contributed by atoms with Gasteiger partial charge < -0.3 is 5.32 Å². The summed E-state index contributed by atoms with van der Waals surface area (Å²) in [5.41, 5.74) is 1.87. The van der Waals surface area contributed by atoms with Gasteiger partial charge in [-0.1, -0.05) is 24.3 Å². The lowest BCUT2D eigenvalue weighted by Crippen LogP contribution is -2.25. The molecular formula is C19H18F2N4O2S. The number of aromatic nitrogens is 2. The molecule has 2 aromatic carbocycles. The molecule has 0 unspecified atom stereocenters. The van der Waals surface area contributed by atoms with E-state index in [1.165, 1.54) is 4.31 Å². The minimum Gasteiger partial charge on any atom is -0.365 e. The summed E-state index contributed by atoms with van der Waals surface area (Å²) < 4.78 is 51.9. The molecule has 1 aliphatic rings. The second kappa shape index (κ2) is 7.31. The lowest BCUT2D eigenvalue weighted by atomic mass is 10.2. The summed E-state index contributed by atoms with van der Waals surface area (Å²) in [6.07, 6.45) is -2.16. The lowest BCUT2D eigenvalue weighted by Gasteiger charge is -2.18. The molecule has 1 fully saturated rings. The summed E-state index contributed by atoms with van der Waals surface area (Å²) in [6, 6.07) is 14.1. The molecule has 0 amide bonds. The van der Waals surface area contributed by atoms with Crippen LogP contribution in [-0.2, 0) is 16.6 Å². The highest BCUT2D eigenvalue weighted by molar-refractivity contribution is 7.93. The van der Waals surface area contributed by atoms with Crippen molar-refractivity contribution in [3.8, 4) is 0 Å². The highest BCUT2D eigenvalue weighted by Crippen LogP contribution is 2.27. The Bertz CT molecular complexity index is 1120. The van der Waals surface area contributed by atoms with Crippen LogP contribution in [0.5, 0.6) is 0 Å². The first kappa shape index (κ1) is 18.5. The molecule has 146 valence electrons. The van der Waals surface area contributed by atoms with Gasteiger partial charge >= 0.3 is 0 Å². The molecule has 4 rings (SSSR count). The fourth-order valence-corrected chi connectivity index (χ4v) is 4.82. The maximum atomic E-state index is 13.1. The van der Waals surface area contributed by atoms with E-state index in [4.69, 9.17) is 0 Å². The van der Waals surface area contributed by atoms with E-state index in [0.29, 0.717) is 41.9 Å². The molecule has 1 aromatic heterocycles. The predicted molar refractivity (Wildman–Crippen MR) is 104 cm³/mol. The van der Waals surface area contributed by atoms with E-state index in [2.05, 4.69) is 15.3 Å². The average molecular weight is 404 g/mol. The van der Waals surface area contributed by atoms with Crippen molar-refractivity contribution in [3.63, 3.8) is 0 Å². The van der Waals surface area contributed by atoms with Crippen molar-refractivity contribution < 1.29 is 17.2 Å². The molecule has 2 heterocycles. The van der Waals surface area contributed by atoms with Crippen molar-refractivity contribution in [1.29, 1.82) is 0 Å². The number of fused-ring (bicyclic) bond motifs is 1. The van der Waals surface area contributed by atoms with Gasteiger partial charge in [-0.05, 0) is 36.2 Å². The van der Waals surface area contributed by atoms with Gasteiger partial charge in [-0.25, -0.2) is 27.2 Å². The van der Waals surface area contributed by atoms with Crippen LogP contribution in [0.25, 0.3) is 10.9 Å². The smallest absolute Gasteiger partial charge is 0.297 e. The average Bonchev–Trinajstić information content (AvgIpc) is 3.05. The number of benzene rings is 2. The number of para-hydroxylation sites is 1. The molecule has 0 aliphatic carbocycles. The van der Waals surface area contributed by atoms with Crippen molar-refractivity contribution in [1.82, 2.24) is 9.97 Å². The molecule has 6 nitrogen and oxygen atoms in total. The zero-order chi connectivity index (χ0) is 19.7. The van der Waals surface area contributed by atoms with Crippen LogP contribution < -0.4 is 9.62 Å². The Kier molecular flexibility index (Phi) is 4.84. The SMILES string of the molecule is O=S1(=O)CCCN1c1cccc(CNc2nc(C(F)F)nc3ccccc23)c1. The maximum absolute atomic E-state index is 13.1. The molecule has 1 saturated heterocycles. The second-order valence-corrected chi connectivity index (χ2v) is 8.53. The highest BCUT2D eigenvalue weighted by atomic mass is 32.2. The molecule has 28 heavy (non-hydrogen) atoms. The third kappa shape index (κ3) is 3.62. The Balaban J connectivity index is 1.61. The zero-order valence-corrected chi connectivity index (χ0v) is 15.7. The first-order valence-corrected chi connectivity index (χ1v) is 10.4. The highest BCUT2D eigenvalue weighted by Gasteiger charge is 2.28.